The third kappa shape index (κ3) is 6.09. The molecule has 0 aliphatic rings. The van der Waals surface area contributed by atoms with Crippen molar-refractivity contribution < 1.29 is 18.8 Å². The van der Waals surface area contributed by atoms with Crippen LogP contribution in [0.1, 0.15) is 18.4 Å². The fourth-order valence-electron chi connectivity index (χ4n) is 3.01. The van der Waals surface area contributed by atoms with E-state index in [0.717, 1.165) is 11.4 Å². The number of nitrogens with zero attached hydrogens (tertiary/aromatic N) is 4. The Morgan fingerprint density at radius 3 is 2.44 bits per heavy atom. The summed E-state index contributed by atoms with van der Waals surface area (Å²) >= 11 is 7.30. The van der Waals surface area contributed by atoms with Crippen LogP contribution >= 0.6 is 23.4 Å². The van der Waals surface area contributed by atoms with Gasteiger partial charge in [-0.1, -0.05) is 28.5 Å². The molecule has 0 saturated heterocycles. The predicted molar refractivity (Wildman–Crippen MR) is 129 cm³/mol. The molecule has 0 radical (unpaired) electrons. The van der Waals surface area contributed by atoms with Gasteiger partial charge in [-0.25, -0.2) is 0 Å². The molecule has 0 spiro atoms. The van der Waals surface area contributed by atoms with Gasteiger partial charge in [-0.15, -0.1) is 10.2 Å². The summed E-state index contributed by atoms with van der Waals surface area (Å²) in [5.74, 6) is 2.17. The standard InChI is InChI=1S/C23H22ClN5O4S/c1-3-31-18-8-10-19(11-9-18)32-13-20-26-27-23(29(20)17-6-4-16(24)5-7-17)34-14-21(30)25-22-12-15(2)28-33-22/h4-12H,3,13-14H2,1-2H3,(H,25,30). The lowest BCUT2D eigenvalue weighted by molar-refractivity contribution is -0.113. The van der Waals surface area contributed by atoms with Crippen LogP contribution in [-0.4, -0.2) is 38.2 Å². The van der Waals surface area contributed by atoms with Gasteiger partial charge < -0.3 is 14.0 Å². The van der Waals surface area contributed by atoms with Crippen LogP contribution in [-0.2, 0) is 11.4 Å². The Morgan fingerprint density at radius 2 is 1.79 bits per heavy atom. The van der Waals surface area contributed by atoms with E-state index >= 15 is 0 Å². The third-order valence-electron chi connectivity index (χ3n) is 4.51. The summed E-state index contributed by atoms with van der Waals surface area (Å²) in [6.45, 7) is 4.48. The highest BCUT2D eigenvalue weighted by atomic mass is 35.5. The van der Waals surface area contributed by atoms with E-state index in [1.807, 2.05) is 47.9 Å². The number of aromatic nitrogens is 4. The van der Waals surface area contributed by atoms with Gasteiger partial charge >= 0.3 is 0 Å². The smallest absolute Gasteiger partial charge is 0.237 e. The first-order chi connectivity index (χ1) is 16.5. The Hall–Kier alpha value is -3.50. The first-order valence-corrected chi connectivity index (χ1v) is 11.8. The number of aryl methyl sites for hydroxylation is 1. The lowest BCUT2D eigenvalue weighted by Gasteiger charge is -2.11. The molecular weight excluding hydrogens is 478 g/mol. The summed E-state index contributed by atoms with van der Waals surface area (Å²) in [7, 11) is 0. The minimum Gasteiger partial charge on any atom is -0.494 e. The zero-order chi connectivity index (χ0) is 23.9. The normalized spacial score (nSPS) is 10.8. The predicted octanol–water partition coefficient (Wildman–Crippen LogP) is 4.93. The first kappa shape index (κ1) is 23.7. The van der Waals surface area contributed by atoms with Crippen LogP contribution in [0.15, 0.2) is 64.3 Å². The number of hydrogen-bond donors (Lipinski definition) is 1. The van der Waals surface area contributed by atoms with Gasteiger partial charge in [0.05, 0.1) is 18.1 Å². The average Bonchev–Trinajstić information content (AvgIpc) is 3.43. The number of ether oxygens (including phenoxy) is 2. The topological polar surface area (TPSA) is 104 Å². The van der Waals surface area contributed by atoms with Crippen molar-refractivity contribution in [1.29, 1.82) is 0 Å². The quantitative estimate of drug-likeness (QED) is 0.306. The molecule has 4 rings (SSSR count). The van der Waals surface area contributed by atoms with Crippen LogP contribution in [0.25, 0.3) is 5.69 Å². The van der Waals surface area contributed by atoms with Crippen molar-refractivity contribution in [2.75, 3.05) is 17.7 Å². The summed E-state index contributed by atoms with van der Waals surface area (Å²) in [4.78, 5) is 12.3. The zero-order valence-corrected chi connectivity index (χ0v) is 20.1. The number of thioether (sulfide) groups is 1. The SMILES string of the molecule is CCOc1ccc(OCc2nnc(SCC(=O)Nc3cc(C)no3)n2-c2ccc(Cl)cc2)cc1. The van der Waals surface area contributed by atoms with Crippen molar-refractivity contribution >= 4 is 35.2 Å². The number of carbonyl (C=O) groups is 1. The van der Waals surface area contributed by atoms with Crippen LogP contribution in [0.4, 0.5) is 5.88 Å². The van der Waals surface area contributed by atoms with E-state index in [-0.39, 0.29) is 18.3 Å². The molecule has 2 aromatic carbocycles. The van der Waals surface area contributed by atoms with Crippen molar-refractivity contribution in [3.05, 3.63) is 71.1 Å². The fourth-order valence-corrected chi connectivity index (χ4v) is 3.91. The van der Waals surface area contributed by atoms with Crippen molar-refractivity contribution in [3.8, 4) is 17.2 Å². The summed E-state index contributed by atoms with van der Waals surface area (Å²) in [6.07, 6.45) is 0. The van der Waals surface area contributed by atoms with Gasteiger partial charge in [-0.05, 0) is 62.4 Å². The molecule has 0 unspecified atom stereocenters. The maximum atomic E-state index is 12.3. The molecule has 0 fully saturated rings. The number of hydrogen-bond acceptors (Lipinski definition) is 8. The van der Waals surface area contributed by atoms with Crippen LogP contribution < -0.4 is 14.8 Å². The van der Waals surface area contributed by atoms with Crippen LogP contribution in [0, 0.1) is 6.92 Å². The molecule has 0 atom stereocenters. The van der Waals surface area contributed by atoms with Gasteiger partial charge in [-0.2, -0.15) is 0 Å². The highest BCUT2D eigenvalue weighted by molar-refractivity contribution is 7.99. The highest BCUT2D eigenvalue weighted by Crippen LogP contribution is 2.25. The second-order valence-corrected chi connectivity index (χ2v) is 8.45. The van der Waals surface area contributed by atoms with Gasteiger partial charge in [0, 0.05) is 16.8 Å². The molecular formula is C23H22ClN5O4S. The second-order valence-electron chi connectivity index (χ2n) is 7.07. The molecule has 9 nitrogen and oxygen atoms in total. The minimum absolute atomic E-state index is 0.102. The fraction of sp³-hybridized carbons (Fsp3) is 0.217. The first-order valence-electron chi connectivity index (χ1n) is 10.4. The van der Waals surface area contributed by atoms with Crippen LogP contribution in [0.2, 0.25) is 5.02 Å². The van der Waals surface area contributed by atoms with E-state index in [1.54, 1.807) is 25.1 Å². The van der Waals surface area contributed by atoms with Crippen molar-refractivity contribution in [1.82, 2.24) is 19.9 Å². The second kappa shape index (κ2) is 11.1. The van der Waals surface area contributed by atoms with E-state index in [2.05, 4.69) is 20.7 Å². The maximum absolute atomic E-state index is 12.3. The van der Waals surface area contributed by atoms with Gasteiger partial charge in [-0.3, -0.25) is 14.7 Å². The van der Waals surface area contributed by atoms with E-state index in [4.69, 9.17) is 25.6 Å². The zero-order valence-electron chi connectivity index (χ0n) is 18.5. The highest BCUT2D eigenvalue weighted by Gasteiger charge is 2.17. The van der Waals surface area contributed by atoms with Crippen molar-refractivity contribution in [2.45, 2.75) is 25.6 Å². The molecule has 176 valence electrons. The van der Waals surface area contributed by atoms with E-state index in [1.165, 1.54) is 11.8 Å². The van der Waals surface area contributed by atoms with Gasteiger partial charge in [0.1, 0.15) is 18.1 Å². The van der Waals surface area contributed by atoms with E-state index < -0.39 is 0 Å². The van der Waals surface area contributed by atoms with Crippen molar-refractivity contribution in [2.24, 2.45) is 0 Å². The number of nitrogens with one attached hydrogen (secondary N) is 1. The lowest BCUT2D eigenvalue weighted by atomic mass is 10.3. The van der Waals surface area contributed by atoms with Gasteiger partial charge in [0.15, 0.2) is 11.0 Å². The third-order valence-corrected chi connectivity index (χ3v) is 5.69. The molecule has 34 heavy (non-hydrogen) atoms. The Labute approximate surface area is 205 Å². The summed E-state index contributed by atoms with van der Waals surface area (Å²) in [5, 5.41) is 16.1. The number of halogens is 1. The minimum atomic E-state index is -0.251. The van der Waals surface area contributed by atoms with Crippen LogP contribution in [0.5, 0.6) is 11.5 Å². The molecule has 2 aromatic heterocycles. The summed E-state index contributed by atoms with van der Waals surface area (Å²) in [5.41, 5.74) is 1.48. The number of carbonyl (C=O) groups excluding carboxylic acids is 1. The molecule has 0 aliphatic heterocycles. The molecule has 1 N–H and O–H groups in total. The Morgan fingerprint density at radius 1 is 1.09 bits per heavy atom. The molecule has 0 bridgehead atoms. The molecule has 4 aromatic rings. The molecule has 0 aliphatic carbocycles. The molecule has 0 saturated carbocycles. The maximum Gasteiger partial charge on any atom is 0.237 e. The number of benzene rings is 2. The molecule has 1 amide bonds. The Bertz CT molecular complexity index is 1240. The van der Waals surface area contributed by atoms with Crippen molar-refractivity contribution in [3.63, 3.8) is 0 Å². The molecule has 2 heterocycles. The Balaban J connectivity index is 1.48. The average molecular weight is 500 g/mol. The van der Waals surface area contributed by atoms with Gasteiger partial charge in [0.25, 0.3) is 0 Å². The lowest BCUT2D eigenvalue weighted by Crippen LogP contribution is -2.14. The molecule has 11 heteroatoms. The van der Waals surface area contributed by atoms with E-state index in [9.17, 15) is 4.79 Å². The summed E-state index contributed by atoms with van der Waals surface area (Å²) < 4.78 is 18.2. The Kier molecular flexibility index (Phi) is 7.71. The summed E-state index contributed by atoms with van der Waals surface area (Å²) in [6, 6.07) is 16.3. The number of rotatable bonds is 10. The number of anilines is 1. The van der Waals surface area contributed by atoms with Gasteiger partial charge in [0.2, 0.25) is 11.8 Å². The van der Waals surface area contributed by atoms with E-state index in [0.29, 0.717) is 39.9 Å². The van der Waals surface area contributed by atoms with Crippen LogP contribution in [0.3, 0.4) is 0 Å². The number of amides is 1. The largest absolute Gasteiger partial charge is 0.494 e. The monoisotopic (exact) mass is 499 g/mol.